The molecule has 2 aromatic heterocycles. The lowest BCUT2D eigenvalue weighted by atomic mass is 9.92. The summed E-state index contributed by atoms with van der Waals surface area (Å²) in [4.78, 5) is 8.80. The van der Waals surface area contributed by atoms with E-state index in [0.29, 0.717) is 17.4 Å². The Kier molecular flexibility index (Phi) is 2.15. The molecule has 2 heterocycles. The molecule has 0 aliphatic heterocycles. The van der Waals surface area contributed by atoms with E-state index in [2.05, 4.69) is 28.4 Å². The van der Waals surface area contributed by atoms with E-state index in [4.69, 9.17) is 5.73 Å². The summed E-state index contributed by atoms with van der Waals surface area (Å²) in [5.41, 5.74) is 8.26. The molecular weight excluding hydrogens is 212 g/mol. The van der Waals surface area contributed by atoms with Crippen LogP contribution < -0.4 is 5.73 Å². The topological polar surface area (TPSA) is 56.7 Å². The van der Waals surface area contributed by atoms with Crippen molar-refractivity contribution in [3.05, 3.63) is 18.3 Å². The summed E-state index contributed by atoms with van der Waals surface area (Å²) in [6, 6.07) is 4.32. The fraction of sp³-hybridized carbons (Fsp3) is 0.538. The van der Waals surface area contributed by atoms with Crippen molar-refractivity contribution in [1.82, 2.24) is 14.5 Å². The number of hydrogen-bond donors (Lipinski definition) is 1. The van der Waals surface area contributed by atoms with Gasteiger partial charge in [0.05, 0.1) is 0 Å². The lowest BCUT2D eigenvalue weighted by Gasteiger charge is -2.18. The molecule has 1 fully saturated rings. The maximum Gasteiger partial charge on any atom is 0.202 e. The Morgan fingerprint density at radius 2 is 2.29 bits per heavy atom. The predicted molar refractivity (Wildman–Crippen MR) is 68.6 cm³/mol. The number of anilines is 1. The van der Waals surface area contributed by atoms with E-state index in [1.54, 1.807) is 6.20 Å². The summed E-state index contributed by atoms with van der Waals surface area (Å²) < 4.78 is 2.12. The highest BCUT2D eigenvalue weighted by Crippen LogP contribution is 2.44. The summed E-state index contributed by atoms with van der Waals surface area (Å²) in [7, 11) is 0. The largest absolute Gasteiger partial charge is 0.369 e. The van der Waals surface area contributed by atoms with Crippen LogP contribution in [0.2, 0.25) is 0 Å². The molecule has 2 aromatic rings. The normalized spacial score (nSPS) is 23.3. The molecule has 1 aliphatic carbocycles. The first-order valence-corrected chi connectivity index (χ1v) is 6.15. The van der Waals surface area contributed by atoms with Crippen molar-refractivity contribution >= 4 is 17.1 Å². The fourth-order valence-corrected chi connectivity index (χ4v) is 2.93. The van der Waals surface area contributed by atoms with Crippen LogP contribution in [-0.4, -0.2) is 14.5 Å². The van der Waals surface area contributed by atoms with Gasteiger partial charge >= 0.3 is 0 Å². The third-order valence-electron chi connectivity index (χ3n) is 3.78. The molecule has 1 unspecified atom stereocenters. The van der Waals surface area contributed by atoms with Gasteiger partial charge in [0.1, 0.15) is 5.52 Å². The third kappa shape index (κ3) is 1.68. The summed E-state index contributed by atoms with van der Waals surface area (Å²) in [6.07, 6.45) is 5.36. The molecule has 1 aliphatic rings. The first-order valence-electron chi connectivity index (χ1n) is 6.15. The van der Waals surface area contributed by atoms with Crippen LogP contribution >= 0.6 is 0 Å². The molecule has 4 heteroatoms. The van der Waals surface area contributed by atoms with Gasteiger partial charge in [0.15, 0.2) is 5.65 Å². The quantitative estimate of drug-likeness (QED) is 0.819. The average molecular weight is 230 g/mol. The second-order valence-electron chi connectivity index (χ2n) is 5.75. The highest BCUT2D eigenvalue weighted by molar-refractivity contribution is 5.74. The standard InChI is InChI=1S/C13H18N4/c1-13(2)6-5-9(8-13)17-11-10(16-12(17)14)4-3-7-15-11/h3-4,7,9H,5-6,8H2,1-2H3,(H2,14,16). The Hall–Kier alpha value is -1.58. The summed E-state index contributed by atoms with van der Waals surface area (Å²) in [6.45, 7) is 4.63. The van der Waals surface area contributed by atoms with Crippen LogP contribution in [0.1, 0.15) is 39.2 Å². The Morgan fingerprint density at radius 1 is 1.47 bits per heavy atom. The number of aromatic nitrogens is 3. The Morgan fingerprint density at radius 3 is 3.00 bits per heavy atom. The zero-order valence-corrected chi connectivity index (χ0v) is 10.3. The van der Waals surface area contributed by atoms with Crippen LogP contribution in [0, 0.1) is 5.41 Å². The molecule has 1 atom stereocenters. The van der Waals surface area contributed by atoms with Crippen molar-refractivity contribution in [2.45, 2.75) is 39.2 Å². The second-order valence-corrected chi connectivity index (χ2v) is 5.75. The Balaban J connectivity index is 2.09. The van der Waals surface area contributed by atoms with Crippen LogP contribution in [0.25, 0.3) is 11.2 Å². The zero-order valence-electron chi connectivity index (χ0n) is 10.3. The third-order valence-corrected chi connectivity index (χ3v) is 3.78. The van der Waals surface area contributed by atoms with Crippen molar-refractivity contribution in [3.8, 4) is 0 Å². The molecule has 0 aromatic carbocycles. The lowest BCUT2D eigenvalue weighted by Crippen LogP contribution is -2.12. The molecule has 0 saturated heterocycles. The number of nitrogens with zero attached hydrogens (tertiary/aromatic N) is 3. The van der Waals surface area contributed by atoms with Crippen LogP contribution in [0.4, 0.5) is 5.95 Å². The van der Waals surface area contributed by atoms with E-state index in [0.717, 1.165) is 17.6 Å². The van der Waals surface area contributed by atoms with Gasteiger partial charge in [-0.25, -0.2) is 9.97 Å². The summed E-state index contributed by atoms with van der Waals surface area (Å²) in [5.74, 6) is 0.599. The van der Waals surface area contributed by atoms with Crippen LogP contribution in [0.5, 0.6) is 0 Å². The Labute approximate surface area is 101 Å². The smallest absolute Gasteiger partial charge is 0.202 e. The van der Waals surface area contributed by atoms with E-state index in [9.17, 15) is 0 Å². The molecule has 2 N–H and O–H groups in total. The van der Waals surface area contributed by atoms with Gasteiger partial charge in [0.25, 0.3) is 0 Å². The second kappa shape index (κ2) is 3.45. The van der Waals surface area contributed by atoms with Gasteiger partial charge in [-0.1, -0.05) is 13.8 Å². The molecule has 17 heavy (non-hydrogen) atoms. The number of nitrogen functional groups attached to an aromatic ring is 1. The van der Waals surface area contributed by atoms with E-state index in [-0.39, 0.29) is 0 Å². The van der Waals surface area contributed by atoms with Crippen molar-refractivity contribution in [2.24, 2.45) is 5.41 Å². The van der Waals surface area contributed by atoms with Crippen molar-refractivity contribution in [3.63, 3.8) is 0 Å². The van der Waals surface area contributed by atoms with Crippen LogP contribution in [0.3, 0.4) is 0 Å². The maximum absolute atomic E-state index is 6.03. The molecule has 90 valence electrons. The highest BCUT2D eigenvalue weighted by Gasteiger charge is 2.33. The Bertz CT molecular complexity index is 556. The lowest BCUT2D eigenvalue weighted by molar-refractivity contribution is 0.361. The number of rotatable bonds is 1. The molecular formula is C13H18N4. The van der Waals surface area contributed by atoms with Gasteiger partial charge in [-0.15, -0.1) is 0 Å². The number of nitrogens with two attached hydrogens (primary N) is 1. The monoisotopic (exact) mass is 230 g/mol. The molecule has 0 spiro atoms. The molecule has 0 bridgehead atoms. The summed E-state index contributed by atoms with van der Waals surface area (Å²) in [5, 5.41) is 0. The zero-order chi connectivity index (χ0) is 12.0. The van der Waals surface area contributed by atoms with E-state index < -0.39 is 0 Å². The molecule has 3 rings (SSSR count). The van der Waals surface area contributed by atoms with Crippen LogP contribution in [0.15, 0.2) is 18.3 Å². The SMILES string of the molecule is CC1(C)CCC(n2c(N)nc3cccnc32)C1. The van der Waals surface area contributed by atoms with E-state index in [1.807, 2.05) is 12.1 Å². The first-order chi connectivity index (χ1) is 8.07. The van der Waals surface area contributed by atoms with Gasteiger partial charge in [0.2, 0.25) is 5.95 Å². The van der Waals surface area contributed by atoms with Crippen molar-refractivity contribution in [1.29, 1.82) is 0 Å². The molecule has 1 saturated carbocycles. The van der Waals surface area contributed by atoms with Crippen LogP contribution in [-0.2, 0) is 0 Å². The first kappa shape index (κ1) is 10.6. The molecule has 0 amide bonds. The number of fused-ring (bicyclic) bond motifs is 1. The average Bonchev–Trinajstić information content (AvgIpc) is 2.77. The minimum atomic E-state index is 0.405. The highest BCUT2D eigenvalue weighted by atomic mass is 15.2. The van der Waals surface area contributed by atoms with Crippen molar-refractivity contribution in [2.75, 3.05) is 5.73 Å². The number of pyridine rings is 1. The minimum Gasteiger partial charge on any atom is -0.369 e. The number of imidazole rings is 1. The maximum atomic E-state index is 6.03. The van der Waals surface area contributed by atoms with Crippen molar-refractivity contribution < 1.29 is 0 Å². The van der Waals surface area contributed by atoms with Gasteiger partial charge in [-0.3, -0.25) is 4.57 Å². The van der Waals surface area contributed by atoms with Gasteiger partial charge in [0, 0.05) is 12.2 Å². The predicted octanol–water partition coefficient (Wildman–Crippen LogP) is 2.76. The van der Waals surface area contributed by atoms with E-state index in [1.165, 1.54) is 12.8 Å². The molecule has 0 radical (unpaired) electrons. The van der Waals surface area contributed by atoms with Gasteiger partial charge in [-0.05, 0) is 36.8 Å². The fourth-order valence-electron chi connectivity index (χ4n) is 2.93. The molecule has 4 nitrogen and oxygen atoms in total. The number of hydrogen-bond acceptors (Lipinski definition) is 3. The van der Waals surface area contributed by atoms with Gasteiger partial charge < -0.3 is 5.73 Å². The summed E-state index contributed by atoms with van der Waals surface area (Å²) >= 11 is 0. The van der Waals surface area contributed by atoms with Gasteiger partial charge in [-0.2, -0.15) is 0 Å². The minimum absolute atomic E-state index is 0.405. The van der Waals surface area contributed by atoms with E-state index >= 15 is 0 Å².